The standard InChI is InChI=1S/C7H6N2O4S/c1-12-5-2-3-6-7(4-5)14(10,11)13-9-8-6/h2-4H,1H3. The summed E-state index contributed by atoms with van der Waals surface area (Å²) in [5.74, 6) is 0.424. The highest BCUT2D eigenvalue weighted by Crippen LogP contribution is 2.33. The molecule has 0 N–H and O–H groups in total. The molecule has 1 aromatic rings. The summed E-state index contributed by atoms with van der Waals surface area (Å²) >= 11 is 0. The monoisotopic (exact) mass is 214 g/mol. The molecule has 74 valence electrons. The SMILES string of the molecule is COc1ccc2c(c1)S(=O)(=O)ON=N2. The van der Waals surface area contributed by atoms with Gasteiger partial charge in [-0.1, -0.05) is 0 Å². The van der Waals surface area contributed by atoms with Crippen molar-refractivity contribution in [1.82, 2.24) is 0 Å². The van der Waals surface area contributed by atoms with Gasteiger partial charge in [-0.15, -0.1) is 5.11 Å². The zero-order valence-corrected chi connectivity index (χ0v) is 7.98. The lowest BCUT2D eigenvalue weighted by Crippen LogP contribution is -2.05. The van der Waals surface area contributed by atoms with E-state index in [-0.39, 0.29) is 10.6 Å². The van der Waals surface area contributed by atoms with Crippen molar-refractivity contribution < 1.29 is 17.4 Å². The zero-order valence-electron chi connectivity index (χ0n) is 7.17. The lowest BCUT2D eigenvalue weighted by atomic mass is 10.3. The van der Waals surface area contributed by atoms with Gasteiger partial charge in [0.2, 0.25) is 0 Å². The van der Waals surface area contributed by atoms with E-state index in [0.717, 1.165) is 0 Å². The van der Waals surface area contributed by atoms with E-state index >= 15 is 0 Å². The van der Waals surface area contributed by atoms with E-state index in [4.69, 9.17) is 4.74 Å². The van der Waals surface area contributed by atoms with Crippen LogP contribution in [0, 0.1) is 0 Å². The molecule has 0 saturated heterocycles. The Kier molecular flexibility index (Phi) is 1.88. The molecule has 1 aliphatic heterocycles. The van der Waals surface area contributed by atoms with E-state index in [1.165, 1.54) is 19.2 Å². The average Bonchev–Trinajstić information content (AvgIpc) is 2.17. The third kappa shape index (κ3) is 1.31. The highest BCUT2D eigenvalue weighted by atomic mass is 32.2. The first-order chi connectivity index (χ1) is 6.63. The van der Waals surface area contributed by atoms with E-state index in [1.807, 2.05) is 0 Å². The predicted molar refractivity (Wildman–Crippen MR) is 45.8 cm³/mol. The molecule has 0 unspecified atom stereocenters. The normalized spacial score (nSPS) is 16.9. The smallest absolute Gasteiger partial charge is 0.362 e. The van der Waals surface area contributed by atoms with E-state index in [1.54, 1.807) is 6.07 Å². The molecule has 0 saturated carbocycles. The summed E-state index contributed by atoms with van der Waals surface area (Å²) in [6, 6.07) is 4.43. The maximum Gasteiger partial charge on any atom is 0.362 e. The van der Waals surface area contributed by atoms with Gasteiger partial charge in [0.05, 0.1) is 7.11 Å². The van der Waals surface area contributed by atoms with Crippen LogP contribution in [0.3, 0.4) is 0 Å². The number of hydrogen-bond donors (Lipinski definition) is 0. The summed E-state index contributed by atoms with van der Waals surface area (Å²) in [4.78, 5) is -0.0353. The van der Waals surface area contributed by atoms with Gasteiger partial charge in [0.1, 0.15) is 16.3 Å². The van der Waals surface area contributed by atoms with Crippen molar-refractivity contribution in [1.29, 1.82) is 0 Å². The van der Waals surface area contributed by atoms with Crippen molar-refractivity contribution in [3.63, 3.8) is 0 Å². The Bertz CT molecular complexity index is 494. The van der Waals surface area contributed by atoms with Crippen LogP contribution in [0.2, 0.25) is 0 Å². The number of fused-ring (bicyclic) bond motifs is 1. The summed E-state index contributed by atoms with van der Waals surface area (Å²) in [7, 11) is -2.37. The van der Waals surface area contributed by atoms with Crippen LogP contribution in [0.4, 0.5) is 5.69 Å². The molecule has 0 aromatic heterocycles. The number of hydrogen-bond acceptors (Lipinski definition) is 6. The number of rotatable bonds is 1. The van der Waals surface area contributed by atoms with Gasteiger partial charge in [0.25, 0.3) is 0 Å². The number of nitrogens with zero attached hydrogens (tertiary/aromatic N) is 2. The van der Waals surface area contributed by atoms with Crippen LogP contribution >= 0.6 is 0 Å². The third-order valence-corrected chi connectivity index (χ3v) is 2.84. The maximum atomic E-state index is 11.3. The summed E-state index contributed by atoms with van der Waals surface area (Å²) in [5.41, 5.74) is 0.247. The number of ether oxygens (including phenoxy) is 1. The van der Waals surface area contributed by atoms with Gasteiger partial charge in [0, 0.05) is 11.3 Å². The molecule has 0 amide bonds. The number of methoxy groups -OCH3 is 1. The highest BCUT2D eigenvalue weighted by Gasteiger charge is 2.25. The second-order valence-corrected chi connectivity index (χ2v) is 4.04. The maximum absolute atomic E-state index is 11.3. The van der Waals surface area contributed by atoms with Gasteiger partial charge in [-0.2, -0.15) is 8.42 Å². The molecule has 7 heteroatoms. The average molecular weight is 214 g/mol. The number of benzene rings is 1. The minimum absolute atomic E-state index is 0.0353. The molecule has 0 spiro atoms. The van der Waals surface area contributed by atoms with Crippen molar-refractivity contribution in [2.75, 3.05) is 7.11 Å². The van der Waals surface area contributed by atoms with Crippen molar-refractivity contribution >= 4 is 15.8 Å². The zero-order chi connectivity index (χ0) is 10.2. The molecule has 0 aliphatic carbocycles. The Hall–Kier alpha value is -1.63. The largest absolute Gasteiger partial charge is 0.497 e. The lowest BCUT2D eigenvalue weighted by molar-refractivity contribution is 0.306. The van der Waals surface area contributed by atoms with E-state index < -0.39 is 10.1 Å². The van der Waals surface area contributed by atoms with Gasteiger partial charge in [-0.05, 0) is 12.1 Å². The van der Waals surface area contributed by atoms with Crippen LogP contribution in [0.1, 0.15) is 0 Å². The molecular weight excluding hydrogens is 208 g/mol. The van der Waals surface area contributed by atoms with E-state index in [9.17, 15) is 8.42 Å². The minimum Gasteiger partial charge on any atom is -0.497 e. The van der Waals surface area contributed by atoms with Crippen LogP contribution in [0.25, 0.3) is 0 Å². The third-order valence-electron chi connectivity index (χ3n) is 1.72. The quantitative estimate of drug-likeness (QED) is 0.708. The van der Waals surface area contributed by atoms with E-state index in [0.29, 0.717) is 5.75 Å². The van der Waals surface area contributed by atoms with Crippen molar-refractivity contribution in [3.05, 3.63) is 18.2 Å². The highest BCUT2D eigenvalue weighted by molar-refractivity contribution is 7.87. The minimum atomic E-state index is -3.82. The van der Waals surface area contributed by atoms with Crippen molar-refractivity contribution in [2.24, 2.45) is 10.4 Å². The Morgan fingerprint density at radius 3 is 2.93 bits per heavy atom. The fourth-order valence-corrected chi connectivity index (χ4v) is 1.88. The van der Waals surface area contributed by atoms with Crippen LogP contribution in [0.15, 0.2) is 33.5 Å². The van der Waals surface area contributed by atoms with Crippen molar-refractivity contribution in [2.45, 2.75) is 4.90 Å². The summed E-state index contributed by atoms with van der Waals surface area (Å²) < 4.78 is 31.7. The Morgan fingerprint density at radius 1 is 1.43 bits per heavy atom. The summed E-state index contributed by atoms with van der Waals surface area (Å²) in [6.07, 6.45) is 0. The van der Waals surface area contributed by atoms with Gasteiger partial charge in [-0.3, -0.25) is 0 Å². The fourth-order valence-electron chi connectivity index (χ4n) is 1.05. The first-order valence-corrected chi connectivity index (χ1v) is 5.07. The lowest BCUT2D eigenvalue weighted by Gasteiger charge is -2.09. The van der Waals surface area contributed by atoms with Crippen LogP contribution in [-0.2, 0) is 14.4 Å². The first-order valence-electron chi connectivity index (χ1n) is 3.66. The van der Waals surface area contributed by atoms with E-state index in [2.05, 4.69) is 14.7 Å². The molecule has 1 aliphatic rings. The second-order valence-electron chi connectivity index (χ2n) is 2.54. The summed E-state index contributed by atoms with van der Waals surface area (Å²) in [5, 5.41) is 6.56. The van der Waals surface area contributed by atoms with Gasteiger partial charge in [-0.25, -0.2) is 4.28 Å². The van der Waals surface area contributed by atoms with Crippen LogP contribution in [0.5, 0.6) is 5.75 Å². The Labute approximate surface area is 80.3 Å². The Morgan fingerprint density at radius 2 is 2.21 bits per heavy atom. The molecule has 1 heterocycles. The van der Waals surface area contributed by atoms with Gasteiger partial charge < -0.3 is 4.74 Å². The molecule has 14 heavy (non-hydrogen) atoms. The second kappa shape index (κ2) is 2.95. The van der Waals surface area contributed by atoms with Gasteiger partial charge in [0.15, 0.2) is 0 Å². The molecule has 0 fully saturated rings. The molecule has 0 radical (unpaired) electrons. The molecule has 0 atom stereocenters. The summed E-state index contributed by atoms with van der Waals surface area (Å²) in [6.45, 7) is 0. The first kappa shape index (κ1) is 8.95. The molecule has 2 rings (SSSR count). The fraction of sp³-hybridized carbons (Fsp3) is 0.143. The molecular formula is C7H6N2O4S. The molecule has 6 nitrogen and oxygen atoms in total. The van der Waals surface area contributed by atoms with Crippen molar-refractivity contribution in [3.8, 4) is 5.75 Å². The molecule has 0 bridgehead atoms. The van der Waals surface area contributed by atoms with Crippen LogP contribution < -0.4 is 4.74 Å². The van der Waals surface area contributed by atoms with Gasteiger partial charge >= 0.3 is 10.1 Å². The Balaban J connectivity index is 2.68. The molecule has 1 aromatic carbocycles. The topological polar surface area (TPSA) is 77.3 Å². The predicted octanol–water partition coefficient (Wildman–Crippen LogP) is 1.41. The van der Waals surface area contributed by atoms with Crippen LogP contribution in [-0.4, -0.2) is 15.5 Å².